The number of ether oxygens (including phenoxy) is 2. The van der Waals surface area contributed by atoms with Gasteiger partial charge in [-0.25, -0.2) is 13.2 Å². The summed E-state index contributed by atoms with van der Waals surface area (Å²) in [6.45, 7) is 6.87. The minimum Gasteiger partial charge on any atom is -0.457 e. The third-order valence-corrected chi connectivity index (χ3v) is 8.98. The second-order valence-corrected chi connectivity index (χ2v) is 12.6. The number of likely N-dealkylation sites (tertiary alicyclic amines) is 1. The Bertz CT molecular complexity index is 1820. The van der Waals surface area contributed by atoms with Gasteiger partial charge in [-0.2, -0.15) is 10.2 Å². The average Bonchev–Trinajstić information content (AvgIpc) is 3.08. The molecule has 0 atom stereocenters. The minimum absolute atomic E-state index is 0.0141. The van der Waals surface area contributed by atoms with Crippen molar-refractivity contribution in [1.29, 1.82) is 0 Å². The van der Waals surface area contributed by atoms with Gasteiger partial charge < -0.3 is 24.3 Å². The molecule has 4 heterocycles. The summed E-state index contributed by atoms with van der Waals surface area (Å²) in [5.74, 6) is -2.48. The molecule has 4 aromatic rings. The maximum atomic E-state index is 15.6. The lowest BCUT2D eigenvalue weighted by atomic mass is 9.99. The number of rotatable bonds is 9. The van der Waals surface area contributed by atoms with Crippen molar-refractivity contribution in [1.82, 2.24) is 25.0 Å². The summed E-state index contributed by atoms with van der Waals surface area (Å²) in [5.41, 5.74) is 0.705. The Balaban J connectivity index is 1.24. The Morgan fingerprint density at radius 2 is 1.73 bits per heavy atom. The zero-order chi connectivity index (χ0) is 33.8. The molecule has 2 aliphatic rings. The highest BCUT2D eigenvalue weighted by Crippen LogP contribution is 2.32. The van der Waals surface area contributed by atoms with E-state index < -0.39 is 28.9 Å². The van der Waals surface area contributed by atoms with Crippen LogP contribution in [0.2, 0.25) is 0 Å². The Hall–Kier alpha value is -4.55. The SMILES string of the molecule is CC(C)c1ccc(-c2ccc(Oc3cc(C(=O)NC4CCN(C5CCOCC5)CC4)c(F)cc3Cn3cc(F)ccc3=O)cc2F)nn1. The molecule has 0 aliphatic carbocycles. The van der Waals surface area contributed by atoms with Crippen LogP contribution in [-0.4, -0.2) is 64.0 Å². The third-order valence-electron chi connectivity index (χ3n) is 8.98. The zero-order valence-electron chi connectivity index (χ0n) is 26.9. The molecule has 2 fully saturated rings. The number of nitrogens with zero attached hydrogens (tertiary/aromatic N) is 4. The number of benzene rings is 2. The highest BCUT2D eigenvalue weighted by molar-refractivity contribution is 5.95. The number of piperidine rings is 1. The van der Waals surface area contributed by atoms with Crippen LogP contribution in [0, 0.1) is 17.5 Å². The average molecular weight is 662 g/mol. The van der Waals surface area contributed by atoms with Crippen LogP contribution in [0.3, 0.4) is 0 Å². The van der Waals surface area contributed by atoms with Crippen LogP contribution in [-0.2, 0) is 11.3 Å². The summed E-state index contributed by atoms with van der Waals surface area (Å²) in [6.07, 6.45) is 4.43. The summed E-state index contributed by atoms with van der Waals surface area (Å²) in [6, 6.07) is 12.4. The number of amides is 1. The molecule has 1 amide bonds. The first-order chi connectivity index (χ1) is 23.1. The molecule has 2 aromatic heterocycles. The van der Waals surface area contributed by atoms with Gasteiger partial charge in [-0.3, -0.25) is 9.59 Å². The first-order valence-corrected chi connectivity index (χ1v) is 16.3. The van der Waals surface area contributed by atoms with E-state index in [-0.39, 0.29) is 46.7 Å². The number of nitrogens with one attached hydrogen (secondary N) is 1. The molecule has 1 N–H and O–H groups in total. The predicted molar refractivity (Wildman–Crippen MR) is 174 cm³/mol. The molecular weight excluding hydrogens is 623 g/mol. The number of pyridine rings is 1. The van der Waals surface area contributed by atoms with Crippen LogP contribution in [0.15, 0.2) is 65.6 Å². The van der Waals surface area contributed by atoms with Gasteiger partial charge in [-0.05, 0) is 74.1 Å². The van der Waals surface area contributed by atoms with E-state index in [0.29, 0.717) is 11.7 Å². The number of carbonyl (C=O) groups excluding carboxylic acids is 1. The van der Waals surface area contributed by atoms with Crippen LogP contribution in [0.25, 0.3) is 11.3 Å². The van der Waals surface area contributed by atoms with Gasteiger partial charge in [0.25, 0.3) is 11.5 Å². The molecule has 0 radical (unpaired) electrons. The normalized spacial score (nSPS) is 16.3. The molecule has 12 heteroatoms. The quantitative estimate of drug-likeness (QED) is 0.233. The summed E-state index contributed by atoms with van der Waals surface area (Å²) < 4.78 is 57.5. The lowest BCUT2D eigenvalue weighted by molar-refractivity contribution is 0.0238. The zero-order valence-corrected chi connectivity index (χ0v) is 26.9. The Morgan fingerprint density at radius 3 is 2.42 bits per heavy atom. The largest absolute Gasteiger partial charge is 0.457 e. The Labute approximate surface area is 276 Å². The molecule has 2 aliphatic heterocycles. The monoisotopic (exact) mass is 661 g/mol. The van der Waals surface area contributed by atoms with E-state index in [1.165, 1.54) is 18.2 Å². The number of hydrogen-bond acceptors (Lipinski definition) is 7. The molecule has 9 nitrogen and oxygen atoms in total. The second-order valence-electron chi connectivity index (χ2n) is 12.6. The van der Waals surface area contributed by atoms with E-state index in [2.05, 4.69) is 20.4 Å². The maximum Gasteiger partial charge on any atom is 0.254 e. The first kappa shape index (κ1) is 33.4. The van der Waals surface area contributed by atoms with E-state index >= 15 is 8.78 Å². The summed E-state index contributed by atoms with van der Waals surface area (Å²) in [7, 11) is 0. The van der Waals surface area contributed by atoms with E-state index in [0.717, 1.165) is 92.7 Å². The van der Waals surface area contributed by atoms with Crippen molar-refractivity contribution in [3.63, 3.8) is 0 Å². The van der Waals surface area contributed by atoms with Gasteiger partial charge in [0, 0.05) is 67.8 Å². The molecule has 252 valence electrons. The Kier molecular flexibility index (Phi) is 10.2. The lowest BCUT2D eigenvalue weighted by Crippen LogP contribution is -2.49. The fraction of sp³-hybridized carbons (Fsp3) is 0.389. The topological polar surface area (TPSA) is 98.6 Å². The molecule has 0 saturated carbocycles. The third kappa shape index (κ3) is 7.77. The van der Waals surface area contributed by atoms with Gasteiger partial charge in [0.05, 0.1) is 23.5 Å². The lowest BCUT2D eigenvalue weighted by Gasteiger charge is -2.39. The summed E-state index contributed by atoms with van der Waals surface area (Å²) >= 11 is 0. The van der Waals surface area contributed by atoms with Crippen molar-refractivity contribution in [3.05, 3.63) is 105 Å². The van der Waals surface area contributed by atoms with Gasteiger partial charge >= 0.3 is 0 Å². The van der Waals surface area contributed by atoms with Gasteiger partial charge in [-0.15, -0.1) is 0 Å². The summed E-state index contributed by atoms with van der Waals surface area (Å²) in [4.78, 5) is 28.3. The van der Waals surface area contributed by atoms with Crippen LogP contribution >= 0.6 is 0 Å². The maximum absolute atomic E-state index is 15.6. The molecule has 2 aromatic carbocycles. The van der Waals surface area contributed by atoms with Crippen molar-refractivity contribution in [2.75, 3.05) is 26.3 Å². The van der Waals surface area contributed by atoms with Crippen molar-refractivity contribution in [2.24, 2.45) is 0 Å². The van der Waals surface area contributed by atoms with E-state index in [1.807, 2.05) is 13.8 Å². The fourth-order valence-corrected chi connectivity index (χ4v) is 6.21. The predicted octanol–water partition coefficient (Wildman–Crippen LogP) is 6.06. The standard InChI is InChI=1S/C36H38F3N5O4/c1-22(2)32-6-7-33(42-41-32)28-5-4-27(18-31(28)39)48-34-19-29(30(38)17-23(34)20-44-21-24(37)3-8-35(44)45)36(46)40-25-9-13-43(14-10-25)26-11-15-47-16-12-26/h3-8,17-19,21-22,25-26H,9-16,20H2,1-2H3,(H,40,46). The van der Waals surface area contributed by atoms with Crippen LogP contribution < -0.4 is 15.6 Å². The van der Waals surface area contributed by atoms with Crippen LogP contribution in [0.1, 0.15) is 67.1 Å². The second kappa shape index (κ2) is 14.7. The first-order valence-electron chi connectivity index (χ1n) is 16.3. The van der Waals surface area contributed by atoms with Gasteiger partial charge in [0.1, 0.15) is 29.0 Å². The van der Waals surface area contributed by atoms with Crippen molar-refractivity contribution < 1.29 is 27.4 Å². The van der Waals surface area contributed by atoms with Crippen molar-refractivity contribution in [2.45, 2.75) is 64.1 Å². The highest BCUT2D eigenvalue weighted by atomic mass is 19.1. The number of aromatic nitrogens is 3. The van der Waals surface area contributed by atoms with E-state index in [9.17, 15) is 14.0 Å². The van der Waals surface area contributed by atoms with Gasteiger partial charge in [-0.1, -0.05) is 13.8 Å². The summed E-state index contributed by atoms with van der Waals surface area (Å²) in [5, 5.41) is 11.3. The molecule has 48 heavy (non-hydrogen) atoms. The van der Waals surface area contributed by atoms with E-state index in [1.54, 1.807) is 12.1 Å². The van der Waals surface area contributed by atoms with E-state index in [4.69, 9.17) is 9.47 Å². The van der Waals surface area contributed by atoms with Gasteiger partial charge in [0.15, 0.2) is 0 Å². The number of carbonyl (C=O) groups is 1. The van der Waals surface area contributed by atoms with Crippen molar-refractivity contribution in [3.8, 4) is 22.8 Å². The van der Waals surface area contributed by atoms with Gasteiger partial charge in [0.2, 0.25) is 0 Å². The number of halogens is 3. The molecule has 6 rings (SSSR count). The van der Waals surface area contributed by atoms with Crippen LogP contribution in [0.4, 0.5) is 13.2 Å². The molecule has 0 bridgehead atoms. The number of hydrogen-bond donors (Lipinski definition) is 1. The molecule has 0 spiro atoms. The molecule has 2 saturated heterocycles. The Morgan fingerprint density at radius 1 is 0.958 bits per heavy atom. The molecular formula is C36H38F3N5O4. The molecule has 0 unspecified atom stereocenters. The van der Waals surface area contributed by atoms with Crippen molar-refractivity contribution >= 4 is 5.91 Å². The van der Waals surface area contributed by atoms with Crippen LogP contribution in [0.5, 0.6) is 11.5 Å². The smallest absolute Gasteiger partial charge is 0.254 e. The highest BCUT2D eigenvalue weighted by Gasteiger charge is 2.28. The minimum atomic E-state index is -0.830. The fourth-order valence-electron chi connectivity index (χ4n) is 6.21.